The highest BCUT2D eigenvalue weighted by Gasteiger charge is 2.38. The third-order valence-corrected chi connectivity index (χ3v) is 4.13. The molecule has 1 aliphatic carbocycles. The third kappa shape index (κ3) is 4.02. The van der Waals surface area contributed by atoms with Gasteiger partial charge < -0.3 is 5.32 Å². The fourth-order valence-corrected chi connectivity index (χ4v) is 3.90. The number of hydrogen-bond acceptors (Lipinski definition) is 1. The minimum Gasteiger partial charge on any atom is -0.310 e. The Morgan fingerprint density at radius 3 is 2.20 bits per heavy atom. The first-order valence-corrected chi connectivity index (χ1v) is 7.34. The van der Waals surface area contributed by atoms with Crippen LogP contribution in [0, 0.1) is 22.5 Å². The Bertz CT molecular complexity index is 464. The van der Waals surface area contributed by atoms with Crippen LogP contribution in [0.4, 0.5) is 8.78 Å². The van der Waals surface area contributed by atoms with E-state index in [2.05, 4.69) is 33.0 Å². The SMILES string of the molecule is CC1(C)CC(NCc2ccc(F)c(F)c2)CC(C)(C)C1. The predicted octanol–water partition coefficient (Wildman–Crippen LogP) is 4.66. The Kier molecular flexibility index (Phi) is 4.19. The molecule has 1 aromatic carbocycles. The lowest BCUT2D eigenvalue weighted by Gasteiger charge is -2.45. The van der Waals surface area contributed by atoms with Crippen LogP contribution in [0.15, 0.2) is 18.2 Å². The summed E-state index contributed by atoms with van der Waals surface area (Å²) in [6.07, 6.45) is 3.48. The topological polar surface area (TPSA) is 12.0 Å². The minimum absolute atomic E-state index is 0.327. The maximum absolute atomic E-state index is 13.2. The molecule has 20 heavy (non-hydrogen) atoms. The lowest BCUT2D eigenvalue weighted by atomic mass is 9.63. The van der Waals surface area contributed by atoms with Gasteiger partial charge in [-0.1, -0.05) is 33.8 Å². The standard InChI is InChI=1S/C17H25F2N/c1-16(2)8-13(9-17(3,4)11-16)20-10-12-5-6-14(18)15(19)7-12/h5-7,13,20H,8-11H2,1-4H3. The summed E-state index contributed by atoms with van der Waals surface area (Å²) in [4.78, 5) is 0. The largest absolute Gasteiger partial charge is 0.310 e. The lowest BCUT2D eigenvalue weighted by molar-refractivity contribution is 0.0845. The van der Waals surface area contributed by atoms with E-state index in [0.29, 0.717) is 23.4 Å². The average molecular weight is 281 g/mol. The molecule has 0 unspecified atom stereocenters. The molecule has 0 amide bonds. The highest BCUT2D eigenvalue weighted by atomic mass is 19.2. The summed E-state index contributed by atoms with van der Waals surface area (Å²) in [5.74, 6) is -1.55. The second kappa shape index (κ2) is 5.44. The first-order chi connectivity index (χ1) is 9.17. The molecular formula is C17H25F2N. The van der Waals surface area contributed by atoms with Crippen LogP contribution in [0.2, 0.25) is 0 Å². The fourth-order valence-electron chi connectivity index (χ4n) is 3.90. The van der Waals surface area contributed by atoms with Gasteiger partial charge in [0.1, 0.15) is 0 Å². The molecule has 1 N–H and O–H groups in total. The van der Waals surface area contributed by atoms with Crippen LogP contribution in [0.5, 0.6) is 0 Å². The summed E-state index contributed by atoms with van der Waals surface area (Å²) in [6, 6.07) is 4.55. The highest BCUT2D eigenvalue weighted by molar-refractivity contribution is 5.17. The van der Waals surface area contributed by atoms with Gasteiger partial charge in [-0.15, -0.1) is 0 Å². The van der Waals surface area contributed by atoms with E-state index < -0.39 is 11.6 Å². The van der Waals surface area contributed by atoms with Gasteiger partial charge in [0, 0.05) is 12.6 Å². The Labute approximate surface area is 120 Å². The number of halogens is 2. The highest BCUT2D eigenvalue weighted by Crippen LogP contribution is 2.45. The van der Waals surface area contributed by atoms with E-state index in [1.54, 1.807) is 6.07 Å². The number of hydrogen-bond donors (Lipinski definition) is 1. The average Bonchev–Trinajstić information content (AvgIpc) is 2.27. The summed E-state index contributed by atoms with van der Waals surface area (Å²) in [5.41, 5.74) is 1.45. The summed E-state index contributed by atoms with van der Waals surface area (Å²) < 4.78 is 26.1. The van der Waals surface area contributed by atoms with Gasteiger partial charge >= 0.3 is 0 Å². The van der Waals surface area contributed by atoms with Crippen molar-refractivity contribution >= 4 is 0 Å². The van der Waals surface area contributed by atoms with E-state index in [1.165, 1.54) is 18.6 Å². The van der Waals surface area contributed by atoms with Crippen molar-refractivity contribution in [1.29, 1.82) is 0 Å². The summed E-state index contributed by atoms with van der Waals surface area (Å²) in [5, 5.41) is 3.51. The molecule has 0 bridgehead atoms. The van der Waals surface area contributed by atoms with Gasteiger partial charge in [0.25, 0.3) is 0 Å². The Hall–Kier alpha value is -0.960. The molecule has 3 heteroatoms. The van der Waals surface area contributed by atoms with Crippen molar-refractivity contribution < 1.29 is 8.78 Å². The van der Waals surface area contributed by atoms with Crippen LogP contribution in [-0.4, -0.2) is 6.04 Å². The lowest BCUT2D eigenvalue weighted by Crippen LogP contribution is -2.43. The number of benzene rings is 1. The van der Waals surface area contributed by atoms with Crippen LogP contribution in [0.3, 0.4) is 0 Å². The molecule has 0 aromatic heterocycles. The first-order valence-electron chi connectivity index (χ1n) is 7.34. The maximum atomic E-state index is 13.2. The van der Waals surface area contributed by atoms with Crippen LogP contribution in [-0.2, 0) is 6.54 Å². The molecule has 2 rings (SSSR count). The number of nitrogens with one attached hydrogen (secondary N) is 1. The molecule has 1 aliphatic rings. The Balaban J connectivity index is 1.98. The first kappa shape index (κ1) is 15.4. The van der Waals surface area contributed by atoms with E-state index in [4.69, 9.17) is 0 Å². The third-order valence-electron chi connectivity index (χ3n) is 4.13. The smallest absolute Gasteiger partial charge is 0.159 e. The van der Waals surface area contributed by atoms with Crippen LogP contribution in [0.1, 0.15) is 52.5 Å². The van der Waals surface area contributed by atoms with Crippen molar-refractivity contribution in [2.75, 3.05) is 0 Å². The molecule has 0 spiro atoms. The van der Waals surface area contributed by atoms with E-state index in [1.807, 2.05) is 0 Å². The van der Waals surface area contributed by atoms with Gasteiger partial charge in [0.05, 0.1) is 0 Å². The fraction of sp³-hybridized carbons (Fsp3) is 0.647. The van der Waals surface area contributed by atoms with Crippen molar-refractivity contribution in [2.45, 2.75) is 59.5 Å². The molecule has 1 aromatic rings. The molecule has 1 saturated carbocycles. The van der Waals surface area contributed by atoms with Crippen molar-refractivity contribution in [3.8, 4) is 0 Å². The minimum atomic E-state index is -0.784. The van der Waals surface area contributed by atoms with E-state index >= 15 is 0 Å². The predicted molar refractivity (Wildman–Crippen MR) is 78.4 cm³/mol. The molecule has 0 heterocycles. The van der Waals surface area contributed by atoms with Crippen LogP contribution >= 0.6 is 0 Å². The maximum Gasteiger partial charge on any atom is 0.159 e. The molecule has 0 atom stereocenters. The number of rotatable bonds is 3. The molecule has 0 aliphatic heterocycles. The van der Waals surface area contributed by atoms with Gasteiger partial charge in [0.15, 0.2) is 11.6 Å². The molecule has 1 nitrogen and oxygen atoms in total. The second-order valence-electron chi connectivity index (χ2n) is 7.74. The van der Waals surface area contributed by atoms with E-state index in [-0.39, 0.29) is 0 Å². The normalized spacial score (nSPS) is 21.9. The van der Waals surface area contributed by atoms with E-state index in [0.717, 1.165) is 18.4 Å². The van der Waals surface area contributed by atoms with Crippen LogP contribution < -0.4 is 5.32 Å². The Morgan fingerprint density at radius 2 is 1.65 bits per heavy atom. The monoisotopic (exact) mass is 281 g/mol. The van der Waals surface area contributed by atoms with E-state index in [9.17, 15) is 8.78 Å². The quantitative estimate of drug-likeness (QED) is 0.849. The van der Waals surface area contributed by atoms with Gasteiger partial charge in [-0.2, -0.15) is 0 Å². The second-order valence-corrected chi connectivity index (χ2v) is 7.74. The van der Waals surface area contributed by atoms with Gasteiger partial charge in [-0.3, -0.25) is 0 Å². The summed E-state index contributed by atoms with van der Waals surface area (Å²) in [7, 11) is 0. The van der Waals surface area contributed by atoms with Gasteiger partial charge in [-0.05, 0) is 47.8 Å². The van der Waals surface area contributed by atoms with Crippen molar-refractivity contribution in [3.63, 3.8) is 0 Å². The molecule has 0 radical (unpaired) electrons. The van der Waals surface area contributed by atoms with Crippen molar-refractivity contribution in [2.24, 2.45) is 10.8 Å². The van der Waals surface area contributed by atoms with Crippen molar-refractivity contribution in [1.82, 2.24) is 5.32 Å². The molecule has 1 fully saturated rings. The summed E-state index contributed by atoms with van der Waals surface area (Å²) in [6.45, 7) is 9.81. The van der Waals surface area contributed by atoms with Crippen molar-refractivity contribution in [3.05, 3.63) is 35.4 Å². The zero-order valence-electron chi connectivity index (χ0n) is 12.9. The zero-order valence-corrected chi connectivity index (χ0v) is 12.9. The molecule has 0 saturated heterocycles. The zero-order chi connectivity index (χ0) is 15.0. The molecular weight excluding hydrogens is 256 g/mol. The summed E-state index contributed by atoms with van der Waals surface area (Å²) >= 11 is 0. The van der Waals surface area contributed by atoms with Crippen LogP contribution in [0.25, 0.3) is 0 Å². The molecule has 112 valence electrons. The van der Waals surface area contributed by atoms with Gasteiger partial charge in [0.2, 0.25) is 0 Å². The van der Waals surface area contributed by atoms with Gasteiger partial charge in [-0.25, -0.2) is 8.78 Å². The Morgan fingerprint density at radius 1 is 1.05 bits per heavy atom.